The molecule has 0 spiro atoms. The molecule has 0 aliphatic rings. The number of aryl methyl sites for hydroxylation is 3. The minimum absolute atomic E-state index is 0.284. The molecule has 0 saturated heterocycles. The first-order chi connectivity index (χ1) is 9.65. The van der Waals surface area contributed by atoms with Gasteiger partial charge in [-0.25, -0.2) is 0 Å². The average molecular weight is 267 g/mol. The molecule has 2 aromatic carbocycles. The van der Waals surface area contributed by atoms with Gasteiger partial charge in [-0.1, -0.05) is 61.9 Å². The van der Waals surface area contributed by atoms with Crippen molar-refractivity contribution in [2.24, 2.45) is 0 Å². The minimum atomic E-state index is 0.284. The van der Waals surface area contributed by atoms with Crippen LogP contribution < -0.4 is 5.32 Å². The second kappa shape index (κ2) is 6.71. The predicted molar refractivity (Wildman–Crippen MR) is 87.3 cm³/mol. The molecule has 0 bridgehead atoms. The van der Waals surface area contributed by atoms with E-state index in [1.807, 2.05) is 0 Å². The van der Waals surface area contributed by atoms with Gasteiger partial charge >= 0.3 is 0 Å². The van der Waals surface area contributed by atoms with E-state index in [1.165, 1.54) is 27.8 Å². The van der Waals surface area contributed by atoms with E-state index in [2.05, 4.69) is 75.5 Å². The summed E-state index contributed by atoms with van der Waals surface area (Å²) in [5, 5.41) is 3.63. The molecule has 0 saturated carbocycles. The van der Waals surface area contributed by atoms with Gasteiger partial charge < -0.3 is 5.32 Å². The highest BCUT2D eigenvalue weighted by Gasteiger charge is 2.15. The Morgan fingerprint density at radius 1 is 1.00 bits per heavy atom. The van der Waals surface area contributed by atoms with Gasteiger partial charge in [-0.15, -0.1) is 0 Å². The van der Waals surface area contributed by atoms with Crippen LogP contribution in [0.1, 0.15) is 47.7 Å². The van der Waals surface area contributed by atoms with Crippen LogP contribution in [0.5, 0.6) is 0 Å². The van der Waals surface area contributed by atoms with Crippen molar-refractivity contribution in [1.82, 2.24) is 5.32 Å². The van der Waals surface area contributed by atoms with Gasteiger partial charge in [0, 0.05) is 0 Å². The second-order valence-electron chi connectivity index (χ2n) is 5.45. The van der Waals surface area contributed by atoms with Crippen molar-refractivity contribution in [3.05, 3.63) is 70.3 Å². The van der Waals surface area contributed by atoms with Crippen molar-refractivity contribution < 1.29 is 0 Å². The number of benzene rings is 2. The Hall–Kier alpha value is -1.60. The Balaban J connectivity index is 2.46. The zero-order valence-electron chi connectivity index (χ0n) is 13.0. The summed E-state index contributed by atoms with van der Waals surface area (Å²) in [5.41, 5.74) is 6.82. The Labute approximate surface area is 123 Å². The van der Waals surface area contributed by atoms with Gasteiger partial charge in [-0.2, -0.15) is 0 Å². The highest BCUT2D eigenvalue weighted by molar-refractivity contribution is 5.40. The first-order valence-corrected chi connectivity index (χ1v) is 7.55. The fourth-order valence-corrected chi connectivity index (χ4v) is 2.67. The summed E-state index contributed by atoms with van der Waals surface area (Å²) in [6, 6.07) is 15.9. The number of rotatable bonds is 5. The number of nitrogens with one attached hydrogen (secondary N) is 1. The summed E-state index contributed by atoms with van der Waals surface area (Å²) in [5.74, 6) is 0. The number of hydrogen-bond acceptors (Lipinski definition) is 1. The monoisotopic (exact) mass is 267 g/mol. The van der Waals surface area contributed by atoms with Gasteiger partial charge in [0.15, 0.2) is 0 Å². The molecule has 1 N–H and O–H groups in total. The van der Waals surface area contributed by atoms with Crippen molar-refractivity contribution in [2.45, 2.75) is 40.2 Å². The molecule has 106 valence electrons. The van der Waals surface area contributed by atoms with Crippen LogP contribution in [0.4, 0.5) is 0 Å². The van der Waals surface area contributed by atoms with Crippen LogP contribution in [-0.2, 0) is 6.42 Å². The Morgan fingerprint density at radius 3 is 2.50 bits per heavy atom. The van der Waals surface area contributed by atoms with E-state index < -0.39 is 0 Å². The maximum absolute atomic E-state index is 3.63. The van der Waals surface area contributed by atoms with Gasteiger partial charge in [-0.3, -0.25) is 0 Å². The first kappa shape index (κ1) is 14.8. The summed E-state index contributed by atoms with van der Waals surface area (Å²) in [7, 11) is 0. The molecule has 0 radical (unpaired) electrons. The maximum Gasteiger partial charge on any atom is 0.0579 e. The van der Waals surface area contributed by atoms with E-state index >= 15 is 0 Å². The maximum atomic E-state index is 3.63. The SMILES string of the molecule is CCNC(c1cccc(CC)c1)c1cc(C)ccc1C. The summed E-state index contributed by atoms with van der Waals surface area (Å²) < 4.78 is 0. The summed E-state index contributed by atoms with van der Waals surface area (Å²) in [6.45, 7) is 9.70. The lowest BCUT2D eigenvalue weighted by atomic mass is 9.92. The fourth-order valence-electron chi connectivity index (χ4n) is 2.67. The highest BCUT2D eigenvalue weighted by Crippen LogP contribution is 2.26. The van der Waals surface area contributed by atoms with E-state index in [9.17, 15) is 0 Å². The molecule has 1 atom stereocenters. The quantitative estimate of drug-likeness (QED) is 0.837. The molecule has 20 heavy (non-hydrogen) atoms. The van der Waals surface area contributed by atoms with E-state index in [4.69, 9.17) is 0 Å². The molecule has 0 aliphatic carbocycles. The standard InChI is InChI=1S/C19H25N/c1-5-16-8-7-9-17(13-16)19(20-6-2)18-12-14(3)10-11-15(18)4/h7-13,19-20H,5-6H2,1-4H3. The molecule has 0 heterocycles. The Kier molecular flexibility index (Phi) is 4.97. The average Bonchev–Trinajstić information content (AvgIpc) is 2.47. The molecule has 1 unspecified atom stereocenters. The van der Waals surface area contributed by atoms with Crippen LogP contribution in [0, 0.1) is 13.8 Å². The molecule has 0 aromatic heterocycles. The van der Waals surface area contributed by atoms with Crippen LogP contribution in [0.2, 0.25) is 0 Å². The zero-order chi connectivity index (χ0) is 14.5. The summed E-state index contributed by atoms with van der Waals surface area (Å²) in [4.78, 5) is 0. The van der Waals surface area contributed by atoms with Crippen molar-refractivity contribution in [3.8, 4) is 0 Å². The van der Waals surface area contributed by atoms with Crippen molar-refractivity contribution in [1.29, 1.82) is 0 Å². The third-order valence-corrected chi connectivity index (χ3v) is 3.85. The third-order valence-electron chi connectivity index (χ3n) is 3.85. The summed E-state index contributed by atoms with van der Waals surface area (Å²) >= 11 is 0. The van der Waals surface area contributed by atoms with E-state index in [-0.39, 0.29) is 6.04 Å². The number of hydrogen-bond donors (Lipinski definition) is 1. The fraction of sp³-hybridized carbons (Fsp3) is 0.368. The van der Waals surface area contributed by atoms with Gasteiger partial charge in [0.1, 0.15) is 0 Å². The van der Waals surface area contributed by atoms with E-state index in [0.717, 1.165) is 13.0 Å². The Morgan fingerprint density at radius 2 is 1.80 bits per heavy atom. The molecule has 0 fully saturated rings. The second-order valence-corrected chi connectivity index (χ2v) is 5.45. The first-order valence-electron chi connectivity index (χ1n) is 7.55. The largest absolute Gasteiger partial charge is 0.307 e. The van der Waals surface area contributed by atoms with Crippen molar-refractivity contribution >= 4 is 0 Å². The molecule has 1 heteroatoms. The zero-order valence-corrected chi connectivity index (χ0v) is 13.0. The highest BCUT2D eigenvalue weighted by atomic mass is 14.9. The summed E-state index contributed by atoms with van der Waals surface area (Å²) in [6.07, 6.45) is 1.08. The lowest BCUT2D eigenvalue weighted by Crippen LogP contribution is -2.23. The van der Waals surface area contributed by atoms with E-state index in [1.54, 1.807) is 0 Å². The van der Waals surface area contributed by atoms with Gasteiger partial charge in [-0.05, 0) is 49.1 Å². The van der Waals surface area contributed by atoms with Gasteiger partial charge in [0.25, 0.3) is 0 Å². The van der Waals surface area contributed by atoms with Crippen LogP contribution in [-0.4, -0.2) is 6.54 Å². The van der Waals surface area contributed by atoms with Crippen LogP contribution in [0.3, 0.4) is 0 Å². The molecule has 2 aromatic rings. The molecule has 0 aliphatic heterocycles. The van der Waals surface area contributed by atoms with Gasteiger partial charge in [0.2, 0.25) is 0 Å². The normalized spacial score (nSPS) is 12.4. The van der Waals surface area contributed by atoms with Crippen molar-refractivity contribution in [2.75, 3.05) is 6.54 Å². The lowest BCUT2D eigenvalue weighted by molar-refractivity contribution is 0.626. The van der Waals surface area contributed by atoms with E-state index in [0.29, 0.717) is 0 Å². The Bertz CT molecular complexity index is 572. The predicted octanol–water partition coefficient (Wildman–Crippen LogP) is 4.56. The minimum Gasteiger partial charge on any atom is -0.307 e. The van der Waals surface area contributed by atoms with Gasteiger partial charge in [0.05, 0.1) is 6.04 Å². The molecule has 1 nitrogen and oxygen atoms in total. The third kappa shape index (κ3) is 3.29. The van der Waals surface area contributed by atoms with Crippen LogP contribution >= 0.6 is 0 Å². The lowest BCUT2D eigenvalue weighted by Gasteiger charge is -2.22. The smallest absolute Gasteiger partial charge is 0.0579 e. The topological polar surface area (TPSA) is 12.0 Å². The van der Waals surface area contributed by atoms with Crippen LogP contribution in [0.25, 0.3) is 0 Å². The molecule has 2 rings (SSSR count). The van der Waals surface area contributed by atoms with Crippen LogP contribution in [0.15, 0.2) is 42.5 Å². The van der Waals surface area contributed by atoms with Crippen molar-refractivity contribution in [3.63, 3.8) is 0 Å². The molecular weight excluding hydrogens is 242 g/mol. The molecular formula is C19H25N. The molecule has 0 amide bonds.